The van der Waals surface area contributed by atoms with E-state index in [1.54, 1.807) is 5.38 Å². The molecule has 26 heavy (non-hydrogen) atoms. The Labute approximate surface area is 154 Å². The van der Waals surface area contributed by atoms with Crippen molar-refractivity contribution in [1.82, 2.24) is 10.1 Å². The summed E-state index contributed by atoms with van der Waals surface area (Å²) in [6.45, 7) is 1.87. The zero-order chi connectivity index (χ0) is 18.9. The SMILES string of the molecule is CCc1nc(-c2csc(S(=O)(=O)Nc3ccc(S(N)(=O)=O)cc3)c2)no1. The Balaban J connectivity index is 1.82. The van der Waals surface area contributed by atoms with Gasteiger partial charge in [0, 0.05) is 23.1 Å². The van der Waals surface area contributed by atoms with Crippen LogP contribution in [0.2, 0.25) is 0 Å². The zero-order valence-corrected chi connectivity index (χ0v) is 15.9. The minimum Gasteiger partial charge on any atom is -0.339 e. The maximum absolute atomic E-state index is 12.5. The molecule has 9 nitrogen and oxygen atoms in total. The van der Waals surface area contributed by atoms with Gasteiger partial charge in [-0.2, -0.15) is 4.98 Å². The Morgan fingerprint density at radius 1 is 1.19 bits per heavy atom. The van der Waals surface area contributed by atoms with Crippen LogP contribution in [0, 0.1) is 0 Å². The standard InChI is InChI=1S/C14H14N4O5S3/c1-2-12-16-14(17-23-12)9-7-13(24-8-9)26(21,22)18-10-3-5-11(6-4-10)25(15,19)20/h3-8,18H,2H2,1H3,(H2,15,19,20). The van der Waals surface area contributed by atoms with Crippen LogP contribution in [0.5, 0.6) is 0 Å². The predicted octanol–water partition coefficient (Wildman–Crippen LogP) is 1.81. The molecule has 0 aliphatic carbocycles. The topological polar surface area (TPSA) is 145 Å². The van der Waals surface area contributed by atoms with E-state index in [9.17, 15) is 16.8 Å². The molecular weight excluding hydrogens is 400 g/mol. The maximum Gasteiger partial charge on any atom is 0.271 e. The van der Waals surface area contributed by atoms with Gasteiger partial charge in [0.15, 0.2) is 0 Å². The van der Waals surface area contributed by atoms with Gasteiger partial charge in [-0.25, -0.2) is 22.0 Å². The highest BCUT2D eigenvalue weighted by Gasteiger charge is 2.19. The number of hydrogen-bond donors (Lipinski definition) is 2. The van der Waals surface area contributed by atoms with Crippen molar-refractivity contribution in [2.24, 2.45) is 5.14 Å². The van der Waals surface area contributed by atoms with E-state index >= 15 is 0 Å². The van der Waals surface area contributed by atoms with Crippen molar-refractivity contribution in [3.8, 4) is 11.4 Å². The number of aromatic nitrogens is 2. The summed E-state index contributed by atoms with van der Waals surface area (Å²) in [5.74, 6) is 0.778. The second kappa shape index (κ2) is 6.79. The van der Waals surface area contributed by atoms with E-state index < -0.39 is 20.0 Å². The van der Waals surface area contributed by atoms with Crippen LogP contribution in [0.25, 0.3) is 11.4 Å². The molecule has 1 aromatic carbocycles. The first-order valence-corrected chi connectivity index (χ1v) is 11.2. The molecule has 0 bridgehead atoms. The van der Waals surface area contributed by atoms with Gasteiger partial charge in [-0.15, -0.1) is 11.3 Å². The van der Waals surface area contributed by atoms with Gasteiger partial charge in [-0.3, -0.25) is 4.72 Å². The van der Waals surface area contributed by atoms with Crippen LogP contribution < -0.4 is 9.86 Å². The van der Waals surface area contributed by atoms with E-state index in [-0.39, 0.29) is 14.8 Å². The average molecular weight is 414 g/mol. The van der Waals surface area contributed by atoms with E-state index in [1.807, 2.05) is 6.92 Å². The van der Waals surface area contributed by atoms with Crippen LogP contribution in [0.4, 0.5) is 5.69 Å². The van der Waals surface area contributed by atoms with Crippen LogP contribution in [-0.2, 0) is 26.5 Å². The third kappa shape index (κ3) is 3.93. The number of nitrogens with two attached hydrogens (primary N) is 1. The molecule has 3 N–H and O–H groups in total. The molecule has 2 heterocycles. The monoisotopic (exact) mass is 414 g/mol. The summed E-state index contributed by atoms with van der Waals surface area (Å²) in [5, 5.41) is 10.4. The number of thiophene rings is 1. The minimum absolute atomic E-state index is 0.0610. The summed E-state index contributed by atoms with van der Waals surface area (Å²) in [6.07, 6.45) is 0.582. The first kappa shape index (κ1) is 18.5. The summed E-state index contributed by atoms with van der Waals surface area (Å²) in [4.78, 5) is 4.05. The molecule has 138 valence electrons. The van der Waals surface area contributed by atoms with E-state index in [0.717, 1.165) is 11.3 Å². The molecule has 0 atom stereocenters. The highest BCUT2D eigenvalue weighted by atomic mass is 32.2. The molecule has 3 rings (SSSR count). The Hall–Kier alpha value is -2.28. The molecule has 3 aromatic rings. The molecule has 0 saturated carbocycles. The molecule has 0 saturated heterocycles. The van der Waals surface area contributed by atoms with Crippen molar-refractivity contribution in [2.45, 2.75) is 22.4 Å². The van der Waals surface area contributed by atoms with Gasteiger partial charge in [0.25, 0.3) is 10.0 Å². The molecule has 0 amide bonds. The summed E-state index contributed by atoms with van der Waals surface area (Å²) in [6, 6.07) is 6.52. The Kier molecular flexibility index (Phi) is 4.84. The van der Waals surface area contributed by atoms with E-state index in [4.69, 9.17) is 9.66 Å². The number of rotatable bonds is 6. The second-order valence-electron chi connectivity index (χ2n) is 5.19. The smallest absolute Gasteiger partial charge is 0.271 e. The van der Waals surface area contributed by atoms with Gasteiger partial charge in [0.2, 0.25) is 21.7 Å². The lowest BCUT2D eigenvalue weighted by molar-refractivity contribution is 0.383. The first-order valence-electron chi connectivity index (χ1n) is 7.26. The molecule has 0 radical (unpaired) electrons. The number of sulfonamides is 2. The highest BCUT2D eigenvalue weighted by molar-refractivity contribution is 7.94. The molecule has 0 aliphatic heterocycles. The average Bonchev–Trinajstić information content (AvgIpc) is 3.23. The van der Waals surface area contributed by atoms with Crippen molar-refractivity contribution < 1.29 is 21.4 Å². The van der Waals surface area contributed by atoms with Crippen molar-refractivity contribution in [3.05, 3.63) is 41.6 Å². The number of hydrogen-bond acceptors (Lipinski definition) is 8. The number of anilines is 1. The van der Waals surface area contributed by atoms with Crippen LogP contribution in [0.15, 0.2) is 49.3 Å². The quantitative estimate of drug-likeness (QED) is 0.625. The number of benzene rings is 1. The van der Waals surface area contributed by atoms with Crippen LogP contribution in [-0.4, -0.2) is 27.0 Å². The number of primary sulfonamides is 1. The lowest BCUT2D eigenvalue weighted by Gasteiger charge is -2.06. The zero-order valence-electron chi connectivity index (χ0n) is 13.4. The number of aryl methyl sites for hydroxylation is 1. The predicted molar refractivity (Wildman–Crippen MR) is 95.6 cm³/mol. The molecule has 0 fully saturated rings. The molecule has 0 unspecified atom stereocenters. The highest BCUT2D eigenvalue weighted by Crippen LogP contribution is 2.28. The van der Waals surface area contributed by atoms with Gasteiger partial charge in [-0.05, 0) is 30.3 Å². The lowest BCUT2D eigenvalue weighted by atomic mass is 10.3. The van der Waals surface area contributed by atoms with Crippen molar-refractivity contribution in [2.75, 3.05) is 4.72 Å². The van der Waals surface area contributed by atoms with Gasteiger partial charge in [0.1, 0.15) is 4.21 Å². The van der Waals surface area contributed by atoms with Crippen LogP contribution >= 0.6 is 11.3 Å². The molecule has 12 heteroatoms. The first-order chi connectivity index (χ1) is 12.2. The summed E-state index contributed by atoms with van der Waals surface area (Å²) in [5.41, 5.74) is 0.739. The molecule has 2 aromatic heterocycles. The fourth-order valence-electron chi connectivity index (χ4n) is 2.01. The van der Waals surface area contributed by atoms with Crippen LogP contribution in [0.1, 0.15) is 12.8 Å². The molecule has 0 spiro atoms. The van der Waals surface area contributed by atoms with Crippen molar-refractivity contribution in [3.63, 3.8) is 0 Å². The Morgan fingerprint density at radius 3 is 2.46 bits per heavy atom. The summed E-state index contributed by atoms with van der Waals surface area (Å²) < 4.78 is 54.9. The Bertz CT molecular complexity index is 1130. The van der Waals surface area contributed by atoms with Crippen molar-refractivity contribution >= 4 is 37.1 Å². The Morgan fingerprint density at radius 2 is 1.88 bits per heavy atom. The largest absolute Gasteiger partial charge is 0.339 e. The van der Waals surface area contributed by atoms with Crippen molar-refractivity contribution in [1.29, 1.82) is 0 Å². The summed E-state index contributed by atoms with van der Waals surface area (Å²) >= 11 is 1.01. The van der Waals surface area contributed by atoms with E-state index in [2.05, 4.69) is 14.9 Å². The van der Waals surface area contributed by atoms with E-state index in [1.165, 1.54) is 30.3 Å². The van der Waals surface area contributed by atoms with Gasteiger partial charge < -0.3 is 4.52 Å². The van der Waals surface area contributed by atoms with Gasteiger partial charge in [0.05, 0.1) is 4.90 Å². The summed E-state index contributed by atoms with van der Waals surface area (Å²) in [7, 11) is -7.69. The third-order valence-corrected chi connectivity index (χ3v) is 7.05. The van der Waals surface area contributed by atoms with Gasteiger partial charge >= 0.3 is 0 Å². The maximum atomic E-state index is 12.5. The van der Waals surface area contributed by atoms with Crippen LogP contribution in [0.3, 0.4) is 0 Å². The van der Waals surface area contributed by atoms with Gasteiger partial charge in [-0.1, -0.05) is 12.1 Å². The lowest BCUT2D eigenvalue weighted by Crippen LogP contribution is -2.13. The molecular formula is C14H14N4O5S3. The number of nitrogens with zero attached hydrogens (tertiary/aromatic N) is 2. The fraction of sp³-hybridized carbons (Fsp3) is 0.143. The fourth-order valence-corrected chi connectivity index (χ4v) is 4.74. The third-order valence-electron chi connectivity index (χ3n) is 3.30. The molecule has 0 aliphatic rings. The minimum atomic E-state index is -3.85. The second-order valence-corrected chi connectivity index (χ2v) is 9.58. The number of nitrogens with one attached hydrogen (secondary N) is 1. The normalized spacial score (nSPS) is 12.2. The van der Waals surface area contributed by atoms with E-state index in [0.29, 0.717) is 23.7 Å².